The first-order chi connectivity index (χ1) is 9.24. The van der Waals surface area contributed by atoms with Crippen LogP contribution in [0.15, 0.2) is 53.3 Å². The largest absolute Gasteiger partial charge is 0.329 e. The second kappa shape index (κ2) is 4.78. The van der Waals surface area contributed by atoms with Gasteiger partial charge in [0.2, 0.25) is 0 Å². The molecule has 0 fully saturated rings. The first-order valence-corrected chi connectivity index (χ1v) is 6.47. The van der Waals surface area contributed by atoms with Gasteiger partial charge in [-0.3, -0.25) is 4.79 Å². The Morgan fingerprint density at radius 1 is 1.05 bits per heavy atom. The number of halogens is 1. The molecule has 94 valence electrons. The summed E-state index contributed by atoms with van der Waals surface area (Å²) in [5.41, 5.74) is -0.00544. The molecule has 0 unspecified atom stereocenters. The summed E-state index contributed by atoms with van der Waals surface area (Å²) in [5, 5.41) is 3.80. The predicted octanol–water partition coefficient (Wildman–Crippen LogP) is 3.54. The fourth-order valence-electron chi connectivity index (χ4n) is 1.74. The van der Waals surface area contributed by atoms with Crippen molar-refractivity contribution in [2.24, 2.45) is 0 Å². The Labute approximate surface area is 112 Å². The van der Waals surface area contributed by atoms with Crippen LogP contribution in [0.2, 0.25) is 0 Å². The Morgan fingerprint density at radius 3 is 2.63 bits per heavy atom. The number of anilines is 2. The molecular formula is C14H9FN2OS. The number of hydrogen-bond donors (Lipinski definition) is 1. The van der Waals surface area contributed by atoms with Gasteiger partial charge in [0, 0.05) is 4.70 Å². The van der Waals surface area contributed by atoms with Gasteiger partial charge in [0.05, 0.1) is 11.1 Å². The predicted molar refractivity (Wildman–Crippen MR) is 75.6 cm³/mol. The normalized spacial score (nSPS) is 10.6. The number of aromatic nitrogens is 1. The van der Waals surface area contributed by atoms with Gasteiger partial charge in [-0.1, -0.05) is 35.6 Å². The molecule has 3 rings (SSSR count). The van der Waals surface area contributed by atoms with Crippen LogP contribution in [0, 0.1) is 5.82 Å². The zero-order valence-corrected chi connectivity index (χ0v) is 10.6. The molecule has 0 saturated heterocycles. The minimum atomic E-state index is -0.378. The number of rotatable bonds is 2. The van der Waals surface area contributed by atoms with Crippen LogP contribution >= 0.6 is 11.3 Å². The van der Waals surface area contributed by atoms with Gasteiger partial charge in [0.15, 0.2) is 5.13 Å². The van der Waals surface area contributed by atoms with Crippen LogP contribution in [0.5, 0.6) is 0 Å². The maximum atomic E-state index is 13.5. The molecule has 1 N–H and O–H groups in total. The Bertz CT molecular complexity index is 801. The van der Waals surface area contributed by atoms with Crippen molar-refractivity contribution < 1.29 is 4.39 Å². The minimum Gasteiger partial charge on any atom is -0.329 e. The first kappa shape index (κ1) is 11.8. The van der Waals surface area contributed by atoms with E-state index in [-0.39, 0.29) is 11.4 Å². The number of benzene rings is 2. The minimum absolute atomic E-state index is 0.306. The average Bonchev–Trinajstić information content (AvgIpc) is 2.42. The van der Waals surface area contributed by atoms with Crippen molar-refractivity contribution in [2.75, 3.05) is 5.32 Å². The highest BCUT2D eigenvalue weighted by atomic mass is 32.1. The molecule has 0 saturated carbocycles. The summed E-state index contributed by atoms with van der Waals surface area (Å²) in [4.78, 5) is 15.8. The summed E-state index contributed by atoms with van der Waals surface area (Å²) >= 11 is 1.32. The van der Waals surface area contributed by atoms with Crippen molar-refractivity contribution in [2.45, 2.75) is 0 Å². The second-order valence-electron chi connectivity index (χ2n) is 3.93. The molecular weight excluding hydrogens is 263 g/mol. The number of fused-ring (bicyclic) bond motifs is 1. The monoisotopic (exact) mass is 272 g/mol. The first-order valence-electron chi connectivity index (χ1n) is 5.65. The van der Waals surface area contributed by atoms with E-state index in [4.69, 9.17) is 0 Å². The summed E-state index contributed by atoms with van der Waals surface area (Å²) in [5.74, 6) is -0.378. The summed E-state index contributed by atoms with van der Waals surface area (Å²) < 4.78 is 14.3. The third-order valence-corrected chi connectivity index (χ3v) is 3.61. The maximum Gasteiger partial charge on any atom is 0.281 e. The summed E-state index contributed by atoms with van der Waals surface area (Å²) in [6, 6.07) is 13.5. The summed E-state index contributed by atoms with van der Waals surface area (Å²) in [6.45, 7) is 0. The molecule has 1 aromatic heterocycles. The molecule has 0 aliphatic heterocycles. The van der Waals surface area contributed by atoms with E-state index in [0.29, 0.717) is 16.2 Å². The lowest BCUT2D eigenvalue weighted by Gasteiger charge is -2.05. The standard InChI is InChI=1S/C14H9FN2OS/c15-10-6-2-3-7-11(10)16-14-17-13(18)9-5-1-4-8-12(9)19-14/h1-8H,(H,16,17,18). The Morgan fingerprint density at radius 2 is 1.79 bits per heavy atom. The van der Waals surface area contributed by atoms with Crippen LogP contribution in [0.4, 0.5) is 15.2 Å². The molecule has 3 nitrogen and oxygen atoms in total. The third-order valence-electron chi connectivity index (χ3n) is 2.64. The molecule has 0 radical (unpaired) electrons. The Kier molecular flexibility index (Phi) is 2.97. The van der Waals surface area contributed by atoms with E-state index in [2.05, 4.69) is 10.3 Å². The second-order valence-corrected chi connectivity index (χ2v) is 4.96. The lowest BCUT2D eigenvalue weighted by atomic mass is 10.3. The van der Waals surface area contributed by atoms with Gasteiger partial charge in [-0.15, -0.1) is 0 Å². The van der Waals surface area contributed by atoms with E-state index in [0.717, 1.165) is 4.70 Å². The van der Waals surface area contributed by atoms with Gasteiger partial charge < -0.3 is 5.32 Å². The zero-order valence-electron chi connectivity index (χ0n) is 9.76. The Balaban J connectivity index is 2.07. The fourth-order valence-corrected chi connectivity index (χ4v) is 2.65. The fraction of sp³-hybridized carbons (Fsp3) is 0. The van der Waals surface area contributed by atoms with Crippen molar-refractivity contribution in [1.82, 2.24) is 4.98 Å². The molecule has 3 aromatic rings. The van der Waals surface area contributed by atoms with E-state index in [1.165, 1.54) is 17.4 Å². The van der Waals surface area contributed by atoms with Crippen molar-refractivity contribution in [3.63, 3.8) is 0 Å². The summed E-state index contributed by atoms with van der Waals surface area (Å²) in [6.07, 6.45) is 0. The molecule has 5 heteroatoms. The molecule has 19 heavy (non-hydrogen) atoms. The molecule has 0 spiro atoms. The molecule has 0 bridgehead atoms. The van der Waals surface area contributed by atoms with Gasteiger partial charge in [0.1, 0.15) is 5.82 Å². The average molecular weight is 272 g/mol. The molecule has 2 aromatic carbocycles. The van der Waals surface area contributed by atoms with Crippen LogP contribution in [-0.4, -0.2) is 4.98 Å². The highest BCUT2D eigenvalue weighted by molar-refractivity contribution is 7.21. The lowest BCUT2D eigenvalue weighted by Crippen LogP contribution is -2.07. The lowest BCUT2D eigenvalue weighted by molar-refractivity contribution is 0.632. The SMILES string of the molecule is O=c1nc(Nc2ccccc2F)sc2ccccc12. The number of nitrogens with zero attached hydrogens (tertiary/aromatic N) is 1. The van der Waals surface area contributed by atoms with Crippen LogP contribution in [0.3, 0.4) is 0 Å². The van der Waals surface area contributed by atoms with Gasteiger partial charge >= 0.3 is 0 Å². The maximum absolute atomic E-state index is 13.5. The van der Waals surface area contributed by atoms with Crippen LogP contribution in [0.1, 0.15) is 0 Å². The van der Waals surface area contributed by atoms with Crippen molar-refractivity contribution in [3.05, 3.63) is 64.7 Å². The molecule has 0 aliphatic rings. The Hall–Kier alpha value is -2.27. The molecule has 0 aliphatic carbocycles. The number of nitrogens with one attached hydrogen (secondary N) is 1. The van der Waals surface area contributed by atoms with Gasteiger partial charge in [-0.05, 0) is 24.3 Å². The van der Waals surface area contributed by atoms with Crippen LogP contribution in [0.25, 0.3) is 10.1 Å². The molecule has 0 amide bonds. The van der Waals surface area contributed by atoms with E-state index in [1.54, 1.807) is 30.3 Å². The molecule has 0 atom stereocenters. The topological polar surface area (TPSA) is 42.0 Å². The number of para-hydroxylation sites is 1. The smallest absolute Gasteiger partial charge is 0.281 e. The van der Waals surface area contributed by atoms with E-state index in [1.807, 2.05) is 12.1 Å². The van der Waals surface area contributed by atoms with Crippen molar-refractivity contribution in [3.8, 4) is 0 Å². The van der Waals surface area contributed by atoms with Gasteiger partial charge in [-0.25, -0.2) is 4.39 Å². The number of hydrogen-bond acceptors (Lipinski definition) is 4. The van der Waals surface area contributed by atoms with Crippen molar-refractivity contribution >= 4 is 32.2 Å². The van der Waals surface area contributed by atoms with Crippen LogP contribution in [-0.2, 0) is 0 Å². The van der Waals surface area contributed by atoms with Gasteiger partial charge in [-0.2, -0.15) is 4.98 Å². The quantitative estimate of drug-likeness (QED) is 0.776. The van der Waals surface area contributed by atoms with E-state index < -0.39 is 0 Å². The highest BCUT2D eigenvalue weighted by Crippen LogP contribution is 2.24. The molecule has 1 heterocycles. The highest BCUT2D eigenvalue weighted by Gasteiger charge is 2.06. The van der Waals surface area contributed by atoms with E-state index in [9.17, 15) is 9.18 Å². The van der Waals surface area contributed by atoms with Gasteiger partial charge in [0.25, 0.3) is 5.56 Å². The third kappa shape index (κ3) is 2.32. The summed E-state index contributed by atoms with van der Waals surface area (Å²) in [7, 11) is 0. The zero-order chi connectivity index (χ0) is 13.2. The van der Waals surface area contributed by atoms with Crippen LogP contribution < -0.4 is 10.9 Å². The van der Waals surface area contributed by atoms with Crippen molar-refractivity contribution in [1.29, 1.82) is 0 Å². The van der Waals surface area contributed by atoms with E-state index >= 15 is 0 Å².